The number of ether oxygens (including phenoxy) is 2. The zero-order chi connectivity index (χ0) is 17.1. The van der Waals surface area contributed by atoms with Gasteiger partial charge in [0, 0.05) is 44.4 Å². The van der Waals surface area contributed by atoms with E-state index in [1.165, 1.54) is 16.8 Å². The van der Waals surface area contributed by atoms with Crippen molar-refractivity contribution in [2.75, 3.05) is 39.7 Å². The first-order valence-corrected chi connectivity index (χ1v) is 8.60. The SMILES string of the molecule is COc1cc(N(C)C)c2c3c1O[C@H]1C[C@@H](O)C=C[C@@]31CCN(C)C2. The van der Waals surface area contributed by atoms with Gasteiger partial charge in [-0.15, -0.1) is 0 Å². The highest BCUT2D eigenvalue weighted by Gasteiger charge is 2.53. The summed E-state index contributed by atoms with van der Waals surface area (Å²) >= 11 is 0. The number of benzene rings is 1. The lowest BCUT2D eigenvalue weighted by molar-refractivity contribution is 0.0822. The fourth-order valence-electron chi connectivity index (χ4n) is 4.52. The first-order chi connectivity index (χ1) is 11.5. The molecule has 1 aromatic rings. The molecule has 1 spiro atoms. The van der Waals surface area contributed by atoms with Crippen molar-refractivity contribution in [2.24, 2.45) is 0 Å². The minimum Gasteiger partial charge on any atom is -0.493 e. The van der Waals surface area contributed by atoms with Crippen LogP contribution in [0.2, 0.25) is 0 Å². The molecule has 5 nitrogen and oxygen atoms in total. The van der Waals surface area contributed by atoms with Gasteiger partial charge < -0.3 is 24.4 Å². The van der Waals surface area contributed by atoms with Gasteiger partial charge in [-0.3, -0.25) is 0 Å². The van der Waals surface area contributed by atoms with Crippen LogP contribution in [0.25, 0.3) is 0 Å². The normalized spacial score (nSPS) is 31.0. The van der Waals surface area contributed by atoms with Gasteiger partial charge in [-0.2, -0.15) is 0 Å². The number of nitrogens with zero attached hydrogens (tertiary/aromatic N) is 2. The standard InChI is InChI=1S/C19H26N2O3/c1-20(2)14-10-15(23-4)18-17-13(14)11-21(3)8-7-19(17)6-5-12(22)9-16(19)24-18/h5-6,10,12,16,22H,7-9,11H2,1-4H3/t12-,16-,19-/m0/s1. The molecule has 0 unspecified atom stereocenters. The van der Waals surface area contributed by atoms with Crippen LogP contribution in [-0.4, -0.2) is 57.0 Å². The highest BCUT2D eigenvalue weighted by molar-refractivity contribution is 5.71. The first kappa shape index (κ1) is 15.8. The fraction of sp³-hybridized carbons (Fsp3) is 0.579. The molecule has 2 aliphatic heterocycles. The maximum absolute atomic E-state index is 10.1. The summed E-state index contributed by atoms with van der Waals surface area (Å²) in [6.07, 6.45) is 5.31. The van der Waals surface area contributed by atoms with Crippen molar-refractivity contribution in [3.8, 4) is 11.5 Å². The maximum Gasteiger partial charge on any atom is 0.166 e. The van der Waals surface area contributed by atoms with Gasteiger partial charge in [0.25, 0.3) is 0 Å². The van der Waals surface area contributed by atoms with E-state index in [-0.39, 0.29) is 11.5 Å². The van der Waals surface area contributed by atoms with Crippen molar-refractivity contribution in [1.29, 1.82) is 0 Å². The smallest absolute Gasteiger partial charge is 0.166 e. The van der Waals surface area contributed by atoms with E-state index < -0.39 is 6.10 Å². The average molecular weight is 330 g/mol. The van der Waals surface area contributed by atoms with Gasteiger partial charge in [0.05, 0.1) is 18.6 Å². The lowest BCUT2D eigenvalue weighted by Gasteiger charge is -2.36. The number of aliphatic hydroxyl groups excluding tert-OH is 1. The summed E-state index contributed by atoms with van der Waals surface area (Å²) in [6, 6.07) is 2.08. The van der Waals surface area contributed by atoms with Crippen LogP contribution in [-0.2, 0) is 12.0 Å². The molecule has 2 heterocycles. The zero-order valence-corrected chi connectivity index (χ0v) is 14.9. The molecule has 0 amide bonds. The summed E-state index contributed by atoms with van der Waals surface area (Å²) in [6.45, 7) is 1.90. The van der Waals surface area contributed by atoms with Gasteiger partial charge in [-0.05, 0) is 25.6 Å². The lowest BCUT2D eigenvalue weighted by Crippen LogP contribution is -2.42. The predicted octanol–water partition coefficient (Wildman–Crippen LogP) is 1.92. The molecule has 1 aromatic carbocycles. The van der Waals surface area contributed by atoms with Gasteiger partial charge >= 0.3 is 0 Å². The molecular weight excluding hydrogens is 304 g/mol. The van der Waals surface area contributed by atoms with Crippen molar-refractivity contribution in [2.45, 2.75) is 37.0 Å². The molecule has 24 heavy (non-hydrogen) atoms. The van der Waals surface area contributed by atoms with E-state index in [0.29, 0.717) is 6.42 Å². The molecule has 3 aliphatic rings. The summed E-state index contributed by atoms with van der Waals surface area (Å²) in [4.78, 5) is 4.53. The second-order valence-electron chi connectivity index (χ2n) is 7.47. The van der Waals surface area contributed by atoms with Crippen molar-refractivity contribution in [3.05, 3.63) is 29.3 Å². The van der Waals surface area contributed by atoms with Crippen LogP contribution in [0.15, 0.2) is 18.2 Å². The maximum atomic E-state index is 10.1. The third kappa shape index (κ3) is 2.07. The van der Waals surface area contributed by atoms with Crippen LogP contribution in [0.1, 0.15) is 24.0 Å². The molecule has 5 heteroatoms. The Kier molecular flexibility index (Phi) is 3.55. The Morgan fingerprint density at radius 1 is 1.42 bits per heavy atom. The number of rotatable bonds is 2. The topological polar surface area (TPSA) is 45.2 Å². The van der Waals surface area contributed by atoms with E-state index in [2.05, 4.69) is 43.1 Å². The van der Waals surface area contributed by atoms with Gasteiger partial charge in [0.15, 0.2) is 11.5 Å². The van der Waals surface area contributed by atoms with Crippen molar-refractivity contribution >= 4 is 5.69 Å². The van der Waals surface area contributed by atoms with Gasteiger partial charge in [-0.1, -0.05) is 12.2 Å². The Balaban J connectivity index is 2.02. The Labute approximate surface area is 143 Å². The lowest BCUT2D eigenvalue weighted by atomic mass is 9.69. The van der Waals surface area contributed by atoms with Crippen LogP contribution in [0.3, 0.4) is 0 Å². The third-order valence-corrected chi connectivity index (χ3v) is 5.74. The van der Waals surface area contributed by atoms with Crippen LogP contribution in [0, 0.1) is 0 Å². The van der Waals surface area contributed by atoms with Crippen LogP contribution in [0.5, 0.6) is 11.5 Å². The molecule has 3 atom stereocenters. The Morgan fingerprint density at radius 2 is 2.21 bits per heavy atom. The highest BCUT2D eigenvalue weighted by atomic mass is 16.5. The van der Waals surface area contributed by atoms with E-state index in [4.69, 9.17) is 9.47 Å². The molecule has 0 saturated heterocycles. The number of anilines is 1. The fourth-order valence-corrected chi connectivity index (χ4v) is 4.52. The molecule has 0 aromatic heterocycles. The molecule has 4 rings (SSSR count). The minimum atomic E-state index is -0.432. The van der Waals surface area contributed by atoms with Gasteiger partial charge in [-0.25, -0.2) is 0 Å². The highest BCUT2D eigenvalue weighted by Crippen LogP contribution is 2.57. The molecule has 0 fully saturated rings. The summed E-state index contributed by atoms with van der Waals surface area (Å²) in [5.74, 6) is 1.66. The number of hydrogen-bond donors (Lipinski definition) is 1. The summed E-state index contributed by atoms with van der Waals surface area (Å²) in [5.41, 5.74) is 3.61. The van der Waals surface area contributed by atoms with Crippen molar-refractivity contribution in [1.82, 2.24) is 4.90 Å². The Morgan fingerprint density at radius 3 is 2.92 bits per heavy atom. The predicted molar refractivity (Wildman–Crippen MR) is 94.1 cm³/mol. The third-order valence-electron chi connectivity index (χ3n) is 5.74. The molecule has 1 aliphatic carbocycles. The van der Waals surface area contributed by atoms with E-state index in [0.717, 1.165) is 31.0 Å². The quantitative estimate of drug-likeness (QED) is 0.840. The van der Waals surface area contributed by atoms with E-state index in [9.17, 15) is 5.11 Å². The summed E-state index contributed by atoms with van der Waals surface area (Å²) in [7, 11) is 8.01. The van der Waals surface area contributed by atoms with Crippen molar-refractivity contribution in [3.63, 3.8) is 0 Å². The van der Waals surface area contributed by atoms with E-state index in [1.807, 2.05) is 6.08 Å². The largest absolute Gasteiger partial charge is 0.493 e. The number of methoxy groups -OCH3 is 1. The first-order valence-electron chi connectivity index (χ1n) is 8.60. The molecule has 1 N–H and O–H groups in total. The van der Waals surface area contributed by atoms with Gasteiger partial charge in [0.2, 0.25) is 0 Å². The molecule has 130 valence electrons. The van der Waals surface area contributed by atoms with E-state index >= 15 is 0 Å². The van der Waals surface area contributed by atoms with E-state index in [1.54, 1.807) is 7.11 Å². The summed E-state index contributed by atoms with van der Waals surface area (Å²) in [5, 5.41) is 10.1. The van der Waals surface area contributed by atoms with Crippen LogP contribution < -0.4 is 14.4 Å². The second-order valence-corrected chi connectivity index (χ2v) is 7.47. The zero-order valence-electron chi connectivity index (χ0n) is 14.9. The molecular formula is C19H26N2O3. The number of hydrogen-bond acceptors (Lipinski definition) is 5. The second kappa shape index (κ2) is 5.39. The molecule has 0 radical (unpaired) electrons. The monoisotopic (exact) mass is 330 g/mol. The average Bonchev–Trinajstić information content (AvgIpc) is 2.79. The Bertz CT molecular complexity index is 700. The molecule has 0 saturated carbocycles. The minimum absolute atomic E-state index is 0.0240. The van der Waals surface area contributed by atoms with Crippen LogP contribution in [0.4, 0.5) is 5.69 Å². The van der Waals surface area contributed by atoms with Crippen LogP contribution >= 0.6 is 0 Å². The van der Waals surface area contributed by atoms with Crippen molar-refractivity contribution < 1.29 is 14.6 Å². The van der Waals surface area contributed by atoms with Gasteiger partial charge in [0.1, 0.15) is 6.10 Å². The Hall–Kier alpha value is -1.72. The molecule has 0 bridgehead atoms. The number of aliphatic hydroxyl groups is 1. The summed E-state index contributed by atoms with van der Waals surface area (Å²) < 4.78 is 12.0.